The molecule has 0 aromatic rings. The smallest absolute Gasteiger partial charge is 0.146 e. The van der Waals surface area contributed by atoms with Crippen LogP contribution in [-0.2, 0) is 9.53 Å². The summed E-state index contributed by atoms with van der Waals surface area (Å²) in [5.41, 5.74) is 0.689. The Kier molecular flexibility index (Phi) is 3.34. The van der Waals surface area contributed by atoms with E-state index < -0.39 is 0 Å². The molecule has 2 nitrogen and oxygen atoms in total. The Balaban J connectivity index is 1.97. The maximum absolute atomic E-state index is 13.3. The van der Waals surface area contributed by atoms with Gasteiger partial charge in [-0.2, -0.15) is 0 Å². The average molecular weight is 218 g/mol. The van der Waals surface area contributed by atoms with Crippen molar-refractivity contribution in [2.24, 2.45) is 0 Å². The minimum absolute atomic E-state index is 0.243. The normalized spacial score (nSPS) is 20.3. The second-order valence-corrected chi connectivity index (χ2v) is 3.51. The fourth-order valence-electron chi connectivity index (χ4n) is 1.44. The highest BCUT2D eigenvalue weighted by molar-refractivity contribution is 5.75. The van der Waals surface area contributed by atoms with Crippen LogP contribution in [0.15, 0.2) is 47.2 Å². The fourth-order valence-corrected chi connectivity index (χ4v) is 1.44. The lowest BCUT2D eigenvalue weighted by Gasteiger charge is -2.16. The Morgan fingerprint density at radius 1 is 1.31 bits per heavy atom. The van der Waals surface area contributed by atoms with Gasteiger partial charge in [0.1, 0.15) is 23.6 Å². The molecule has 0 saturated heterocycles. The van der Waals surface area contributed by atoms with Crippen molar-refractivity contribution in [3.63, 3.8) is 0 Å². The molecule has 0 saturated carbocycles. The number of carbonyl (C=O) groups excluding carboxylic acids is 1. The lowest BCUT2D eigenvalue weighted by Crippen LogP contribution is -2.02. The molecule has 0 spiro atoms. The molecule has 0 aromatic heterocycles. The zero-order valence-electron chi connectivity index (χ0n) is 8.65. The molecule has 2 aliphatic carbocycles. The van der Waals surface area contributed by atoms with Crippen LogP contribution in [0.25, 0.3) is 0 Å². The number of rotatable bonds is 3. The Hall–Kier alpha value is -1.64. The molecule has 2 aliphatic rings. The van der Waals surface area contributed by atoms with Crippen molar-refractivity contribution in [2.75, 3.05) is 0 Å². The van der Waals surface area contributed by atoms with Gasteiger partial charge in [-0.3, -0.25) is 4.79 Å². The molecule has 0 amide bonds. The van der Waals surface area contributed by atoms with Crippen molar-refractivity contribution >= 4 is 6.29 Å². The fraction of sp³-hybridized carbons (Fsp3) is 0.154. The SMILES string of the molecule is O=CC1=C[CH]C(OC2=C(F)CC=C[CH]2)=CC1. The summed E-state index contributed by atoms with van der Waals surface area (Å²) in [7, 11) is 0. The molecule has 0 N–H and O–H groups in total. The van der Waals surface area contributed by atoms with Crippen LogP contribution in [0, 0.1) is 12.8 Å². The minimum atomic E-state index is -0.276. The van der Waals surface area contributed by atoms with E-state index in [1.54, 1.807) is 37.1 Å². The highest BCUT2D eigenvalue weighted by Gasteiger charge is 2.14. The maximum atomic E-state index is 13.3. The van der Waals surface area contributed by atoms with E-state index in [9.17, 15) is 9.18 Å². The van der Waals surface area contributed by atoms with Gasteiger partial charge in [0.15, 0.2) is 0 Å². The first-order chi connectivity index (χ1) is 7.79. The summed E-state index contributed by atoms with van der Waals surface area (Å²) in [5, 5.41) is 0. The number of hydrogen-bond donors (Lipinski definition) is 0. The zero-order valence-corrected chi connectivity index (χ0v) is 8.65. The van der Waals surface area contributed by atoms with Crippen LogP contribution in [0.2, 0.25) is 0 Å². The summed E-state index contributed by atoms with van der Waals surface area (Å²) in [4.78, 5) is 10.5. The van der Waals surface area contributed by atoms with Gasteiger partial charge in [0.25, 0.3) is 0 Å². The molecule has 0 aliphatic heterocycles. The molecular formula is C13H11FO2. The van der Waals surface area contributed by atoms with E-state index in [1.807, 2.05) is 0 Å². The Morgan fingerprint density at radius 3 is 2.81 bits per heavy atom. The van der Waals surface area contributed by atoms with Gasteiger partial charge in [-0.25, -0.2) is 4.39 Å². The predicted octanol–water partition coefficient (Wildman–Crippen LogP) is 2.97. The predicted molar refractivity (Wildman–Crippen MR) is 58.4 cm³/mol. The number of hydrogen-bond acceptors (Lipinski definition) is 2. The maximum Gasteiger partial charge on any atom is 0.146 e. The molecule has 0 bridgehead atoms. The van der Waals surface area contributed by atoms with E-state index in [0.717, 1.165) is 6.29 Å². The Morgan fingerprint density at radius 2 is 2.19 bits per heavy atom. The zero-order chi connectivity index (χ0) is 11.4. The van der Waals surface area contributed by atoms with Gasteiger partial charge in [0.2, 0.25) is 0 Å². The quantitative estimate of drug-likeness (QED) is 0.681. The van der Waals surface area contributed by atoms with Crippen LogP contribution in [0.4, 0.5) is 4.39 Å². The van der Waals surface area contributed by atoms with Gasteiger partial charge in [0.05, 0.1) is 6.42 Å². The van der Waals surface area contributed by atoms with Crippen molar-refractivity contribution in [3.8, 4) is 0 Å². The van der Waals surface area contributed by atoms with E-state index in [-0.39, 0.29) is 18.0 Å². The van der Waals surface area contributed by atoms with Crippen LogP contribution < -0.4 is 0 Å². The van der Waals surface area contributed by atoms with E-state index >= 15 is 0 Å². The van der Waals surface area contributed by atoms with Crippen LogP contribution in [0.5, 0.6) is 0 Å². The van der Waals surface area contributed by atoms with E-state index in [2.05, 4.69) is 0 Å². The number of ether oxygens (including phenoxy) is 1. The molecule has 3 heteroatoms. The lowest BCUT2D eigenvalue weighted by atomic mass is 10.1. The van der Waals surface area contributed by atoms with Gasteiger partial charge in [-0.05, 0) is 18.1 Å². The van der Waals surface area contributed by atoms with Crippen molar-refractivity contribution in [1.29, 1.82) is 0 Å². The van der Waals surface area contributed by atoms with Crippen LogP contribution >= 0.6 is 0 Å². The molecule has 82 valence electrons. The molecule has 0 atom stereocenters. The highest BCUT2D eigenvalue weighted by atomic mass is 19.1. The van der Waals surface area contributed by atoms with Crippen molar-refractivity contribution in [2.45, 2.75) is 12.8 Å². The third-order valence-corrected chi connectivity index (χ3v) is 2.33. The van der Waals surface area contributed by atoms with Gasteiger partial charge >= 0.3 is 0 Å². The first-order valence-electron chi connectivity index (χ1n) is 5.05. The first kappa shape index (κ1) is 10.9. The molecule has 0 fully saturated rings. The van der Waals surface area contributed by atoms with Gasteiger partial charge in [-0.1, -0.05) is 18.2 Å². The second-order valence-electron chi connectivity index (χ2n) is 3.51. The van der Waals surface area contributed by atoms with Crippen molar-refractivity contribution in [3.05, 3.63) is 60.1 Å². The number of aldehydes is 1. The second kappa shape index (κ2) is 4.92. The van der Waals surface area contributed by atoms with Gasteiger partial charge in [-0.15, -0.1) is 0 Å². The Bertz CT molecular complexity index is 414. The Labute approximate surface area is 93.8 Å². The summed E-state index contributed by atoms with van der Waals surface area (Å²) in [5.74, 6) is 0.539. The van der Waals surface area contributed by atoms with E-state index in [1.165, 1.54) is 0 Å². The summed E-state index contributed by atoms with van der Waals surface area (Å²) >= 11 is 0. The van der Waals surface area contributed by atoms with Crippen LogP contribution in [-0.4, -0.2) is 6.29 Å². The van der Waals surface area contributed by atoms with Crippen molar-refractivity contribution < 1.29 is 13.9 Å². The third kappa shape index (κ3) is 2.48. The van der Waals surface area contributed by atoms with Gasteiger partial charge < -0.3 is 4.74 Å². The highest BCUT2D eigenvalue weighted by Crippen LogP contribution is 2.26. The number of halogens is 1. The monoisotopic (exact) mass is 218 g/mol. The van der Waals surface area contributed by atoms with Crippen LogP contribution in [0.3, 0.4) is 0 Å². The van der Waals surface area contributed by atoms with Gasteiger partial charge in [0, 0.05) is 12.8 Å². The summed E-state index contributed by atoms with van der Waals surface area (Å²) in [6.45, 7) is 0. The molecule has 0 heterocycles. The third-order valence-electron chi connectivity index (χ3n) is 2.33. The first-order valence-corrected chi connectivity index (χ1v) is 5.05. The molecule has 0 unspecified atom stereocenters. The topological polar surface area (TPSA) is 26.3 Å². The lowest BCUT2D eigenvalue weighted by molar-refractivity contribution is -0.105. The summed E-state index contributed by atoms with van der Waals surface area (Å²) in [6.07, 6.45) is 11.8. The van der Waals surface area contributed by atoms with Crippen LogP contribution in [0.1, 0.15) is 12.8 Å². The standard InChI is InChI=1S/C13H11FO2/c14-12-3-1-2-4-13(12)16-11-7-5-10(9-15)6-8-11/h1-2,4-5,7-9H,3,6H2. The average Bonchev–Trinajstić information content (AvgIpc) is 2.33. The molecule has 2 rings (SSSR count). The largest absolute Gasteiger partial charge is 0.462 e. The van der Waals surface area contributed by atoms with E-state index in [0.29, 0.717) is 17.8 Å². The van der Waals surface area contributed by atoms with E-state index in [4.69, 9.17) is 4.74 Å². The molecule has 2 radical (unpaired) electrons. The molecule has 0 aromatic carbocycles. The number of carbonyl (C=O) groups is 1. The summed E-state index contributed by atoms with van der Waals surface area (Å²) < 4.78 is 18.7. The van der Waals surface area contributed by atoms with Crippen molar-refractivity contribution in [1.82, 2.24) is 0 Å². The molecular weight excluding hydrogens is 207 g/mol. The number of allylic oxidation sites excluding steroid dienone is 6. The summed E-state index contributed by atoms with van der Waals surface area (Å²) in [6, 6.07) is 0. The minimum Gasteiger partial charge on any atom is -0.462 e. The molecule has 16 heavy (non-hydrogen) atoms.